The Morgan fingerprint density at radius 1 is 1.56 bits per heavy atom. The second kappa shape index (κ2) is 5.18. The number of rotatable bonds is 2. The van der Waals surface area contributed by atoms with Crippen LogP contribution in [0.1, 0.15) is 42.7 Å². The lowest BCUT2D eigenvalue weighted by Crippen LogP contribution is -2.38. The molecule has 1 atom stereocenters. The summed E-state index contributed by atoms with van der Waals surface area (Å²) in [5.74, 6) is 0.450. The summed E-state index contributed by atoms with van der Waals surface area (Å²) in [6.45, 7) is 5.09. The first-order chi connectivity index (χ1) is 8.63. The molecule has 0 N–H and O–H groups in total. The van der Waals surface area contributed by atoms with E-state index < -0.39 is 0 Å². The molecule has 4 nitrogen and oxygen atoms in total. The van der Waals surface area contributed by atoms with Crippen molar-refractivity contribution in [1.82, 2.24) is 9.88 Å². The van der Waals surface area contributed by atoms with Crippen molar-refractivity contribution in [2.24, 2.45) is 5.92 Å². The number of nitrogens with zero attached hydrogens (tertiary/aromatic N) is 3. The van der Waals surface area contributed by atoms with Gasteiger partial charge >= 0.3 is 0 Å². The molecule has 1 amide bonds. The molecule has 1 aliphatic rings. The van der Waals surface area contributed by atoms with Crippen LogP contribution in [0.4, 0.5) is 0 Å². The van der Waals surface area contributed by atoms with E-state index in [1.807, 2.05) is 11.0 Å². The average Bonchev–Trinajstić information content (AvgIpc) is 2.87. The fourth-order valence-electron chi connectivity index (χ4n) is 2.47. The lowest BCUT2D eigenvalue weighted by Gasteiger charge is -2.27. The Balaban J connectivity index is 2.17. The van der Waals surface area contributed by atoms with E-state index in [0.29, 0.717) is 23.2 Å². The van der Waals surface area contributed by atoms with Crippen LogP contribution in [0, 0.1) is 17.2 Å². The molecule has 0 aliphatic carbocycles. The van der Waals surface area contributed by atoms with E-state index in [1.54, 1.807) is 12.1 Å². The average molecular weight is 243 g/mol. The number of hydrogen-bond donors (Lipinski definition) is 0. The molecule has 2 rings (SSSR count). The summed E-state index contributed by atoms with van der Waals surface area (Å²) in [4.78, 5) is 18.3. The van der Waals surface area contributed by atoms with Crippen molar-refractivity contribution in [3.8, 4) is 6.07 Å². The molecule has 1 saturated heterocycles. The van der Waals surface area contributed by atoms with Gasteiger partial charge in [-0.25, -0.2) is 4.98 Å². The Bertz CT molecular complexity index is 473. The first kappa shape index (κ1) is 12.6. The molecule has 0 bridgehead atoms. The van der Waals surface area contributed by atoms with Gasteiger partial charge < -0.3 is 4.90 Å². The van der Waals surface area contributed by atoms with E-state index in [1.165, 1.54) is 6.20 Å². The van der Waals surface area contributed by atoms with Crippen LogP contribution in [-0.4, -0.2) is 28.4 Å². The molecule has 0 saturated carbocycles. The normalized spacial score (nSPS) is 19.0. The predicted molar refractivity (Wildman–Crippen MR) is 67.8 cm³/mol. The van der Waals surface area contributed by atoms with E-state index in [-0.39, 0.29) is 5.91 Å². The molecular weight excluding hydrogens is 226 g/mol. The Hall–Kier alpha value is -1.89. The maximum Gasteiger partial charge on any atom is 0.272 e. The van der Waals surface area contributed by atoms with Gasteiger partial charge in [0.15, 0.2) is 0 Å². The number of pyridine rings is 1. The highest BCUT2D eigenvalue weighted by Gasteiger charge is 2.31. The van der Waals surface area contributed by atoms with E-state index >= 15 is 0 Å². The zero-order valence-electron chi connectivity index (χ0n) is 10.8. The van der Waals surface area contributed by atoms with Crippen molar-refractivity contribution in [3.05, 3.63) is 29.6 Å². The fraction of sp³-hybridized carbons (Fsp3) is 0.500. The van der Waals surface area contributed by atoms with Crippen LogP contribution in [-0.2, 0) is 0 Å². The highest BCUT2D eigenvalue weighted by Crippen LogP contribution is 2.25. The van der Waals surface area contributed by atoms with Gasteiger partial charge in [-0.2, -0.15) is 5.26 Å². The van der Waals surface area contributed by atoms with Gasteiger partial charge in [-0.1, -0.05) is 13.8 Å². The van der Waals surface area contributed by atoms with Gasteiger partial charge in [0.2, 0.25) is 0 Å². The molecule has 2 heterocycles. The van der Waals surface area contributed by atoms with E-state index in [2.05, 4.69) is 18.8 Å². The van der Waals surface area contributed by atoms with Crippen LogP contribution in [0.15, 0.2) is 18.3 Å². The largest absolute Gasteiger partial charge is 0.334 e. The summed E-state index contributed by atoms with van der Waals surface area (Å²) in [6.07, 6.45) is 3.58. The smallest absolute Gasteiger partial charge is 0.272 e. The third kappa shape index (κ3) is 2.35. The van der Waals surface area contributed by atoms with Gasteiger partial charge in [-0.05, 0) is 30.9 Å². The third-order valence-electron chi connectivity index (χ3n) is 3.44. The molecule has 4 heteroatoms. The molecule has 1 aliphatic heterocycles. The van der Waals surface area contributed by atoms with E-state index in [4.69, 9.17) is 5.26 Å². The first-order valence-corrected chi connectivity index (χ1v) is 6.30. The number of aromatic nitrogens is 1. The summed E-state index contributed by atoms with van der Waals surface area (Å²) >= 11 is 0. The van der Waals surface area contributed by atoms with Gasteiger partial charge in [0.1, 0.15) is 11.8 Å². The predicted octanol–water partition coefficient (Wildman–Crippen LogP) is 2.21. The zero-order valence-corrected chi connectivity index (χ0v) is 10.8. The van der Waals surface area contributed by atoms with Crippen molar-refractivity contribution in [3.63, 3.8) is 0 Å². The van der Waals surface area contributed by atoms with E-state index in [0.717, 1.165) is 19.4 Å². The summed E-state index contributed by atoms with van der Waals surface area (Å²) in [6, 6.07) is 5.59. The molecule has 94 valence electrons. The fourth-order valence-corrected chi connectivity index (χ4v) is 2.47. The molecule has 18 heavy (non-hydrogen) atoms. The molecule has 1 aromatic heterocycles. The molecule has 1 fully saturated rings. The Kier molecular flexibility index (Phi) is 3.61. The maximum absolute atomic E-state index is 12.3. The number of likely N-dealkylation sites (tertiary alicyclic amines) is 1. The second-order valence-corrected chi connectivity index (χ2v) is 5.00. The number of nitriles is 1. The highest BCUT2D eigenvalue weighted by atomic mass is 16.2. The standard InChI is InChI=1S/C14H17N3O/c1-10(2)13-4-3-7-17(13)14(18)12-6-5-11(8-15)9-16-12/h5-6,9-10,13H,3-4,7H2,1-2H3. The minimum absolute atomic E-state index is 0.0179. The van der Waals surface area contributed by atoms with Crippen LogP contribution < -0.4 is 0 Å². The summed E-state index contributed by atoms with van der Waals surface area (Å²) in [7, 11) is 0. The minimum atomic E-state index is -0.0179. The van der Waals surface area contributed by atoms with Crippen LogP contribution in [0.2, 0.25) is 0 Å². The lowest BCUT2D eigenvalue weighted by atomic mass is 10.0. The Labute approximate surface area is 107 Å². The lowest BCUT2D eigenvalue weighted by molar-refractivity contribution is 0.0695. The van der Waals surface area contributed by atoms with Gasteiger partial charge in [0.25, 0.3) is 5.91 Å². The molecular formula is C14H17N3O. The maximum atomic E-state index is 12.3. The van der Waals surface area contributed by atoms with Crippen molar-refractivity contribution >= 4 is 5.91 Å². The van der Waals surface area contributed by atoms with Crippen LogP contribution in [0.5, 0.6) is 0 Å². The number of carbonyl (C=O) groups is 1. The molecule has 1 aromatic rings. The summed E-state index contributed by atoms with van der Waals surface area (Å²) in [5.41, 5.74) is 0.912. The van der Waals surface area contributed by atoms with Crippen LogP contribution in [0.3, 0.4) is 0 Å². The molecule has 0 aromatic carbocycles. The quantitative estimate of drug-likeness (QED) is 0.800. The molecule has 1 unspecified atom stereocenters. The summed E-state index contributed by atoms with van der Waals surface area (Å²) in [5, 5.41) is 8.71. The third-order valence-corrected chi connectivity index (χ3v) is 3.44. The Morgan fingerprint density at radius 3 is 2.89 bits per heavy atom. The van der Waals surface area contributed by atoms with Gasteiger partial charge in [-0.15, -0.1) is 0 Å². The second-order valence-electron chi connectivity index (χ2n) is 5.00. The van der Waals surface area contributed by atoms with Crippen LogP contribution >= 0.6 is 0 Å². The van der Waals surface area contributed by atoms with Gasteiger partial charge in [0.05, 0.1) is 5.56 Å². The highest BCUT2D eigenvalue weighted by molar-refractivity contribution is 5.92. The molecule has 0 radical (unpaired) electrons. The van der Waals surface area contributed by atoms with Crippen LogP contribution in [0.25, 0.3) is 0 Å². The van der Waals surface area contributed by atoms with Gasteiger partial charge in [-0.3, -0.25) is 4.79 Å². The minimum Gasteiger partial charge on any atom is -0.334 e. The van der Waals surface area contributed by atoms with Gasteiger partial charge in [0, 0.05) is 18.8 Å². The SMILES string of the molecule is CC(C)C1CCCN1C(=O)c1ccc(C#N)cn1. The van der Waals surface area contributed by atoms with Crippen molar-refractivity contribution in [2.45, 2.75) is 32.7 Å². The monoisotopic (exact) mass is 243 g/mol. The number of hydrogen-bond acceptors (Lipinski definition) is 3. The number of amides is 1. The topological polar surface area (TPSA) is 57.0 Å². The molecule has 0 spiro atoms. The first-order valence-electron chi connectivity index (χ1n) is 6.30. The van der Waals surface area contributed by atoms with E-state index in [9.17, 15) is 4.79 Å². The van der Waals surface area contributed by atoms with Crippen molar-refractivity contribution < 1.29 is 4.79 Å². The number of carbonyl (C=O) groups excluding carboxylic acids is 1. The summed E-state index contributed by atoms with van der Waals surface area (Å²) < 4.78 is 0. The Morgan fingerprint density at radius 2 is 2.33 bits per heavy atom. The van der Waals surface area contributed by atoms with Crippen molar-refractivity contribution in [1.29, 1.82) is 5.26 Å². The van der Waals surface area contributed by atoms with Crippen molar-refractivity contribution in [2.75, 3.05) is 6.54 Å². The zero-order chi connectivity index (χ0) is 13.1.